The second kappa shape index (κ2) is 11.2. The van der Waals surface area contributed by atoms with Gasteiger partial charge in [0.1, 0.15) is 0 Å². The van der Waals surface area contributed by atoms with Crippen molar-refractivity contribution in [2.24, 2.45) is 4.99 Å². The van der Waals surface area contributed by atoms with E-state index in [1.165, 1.54) is 12.8 Å². The molecule has 7 nitrogen and oxygen atoms in total. The van der Waals surface area contributed by atoms with Gasteiger partial charge in [0.05, 0.1) is 13.2 Å². The molecule has 29 heavy (non-hydrogen) atoms. The molecule has 1 atom stereocenters. The lowest BCUT2D eigenvalue weighted by atomic mass is 10.2. The van der Waals surface area contributed by atoms with Crippen LogP contribution in [0.3, 0.4) is 0 Å². The number of methoxy groups -OCH3 is 1. The summed E-state index contributed by atoms with van der Waals surface area (Å²) >= 11 is 0. The Labute approximate surface area is 174 Å². The first-order valence-corrected chi connectivity index (χ1v) is 10.9. The Hall–Kier alpha value is -2.12. The third-order valence-electron chi connectivity index (χ3n) is 5.67. The van der Waals surface area contributed by atoms with Crippen LogP contribution in [0.1, 0.15) is 38.2 Å². The summed E-state index contributed by atoms with van der Waals surface area (Å²) in [6.07, 6.45) is 4.07. The van der Waals surface area contributed by atoms with Crippen molar-refractivity contribution in [3.05, 3.63) is 29.8 Å². The molecule has 1 aromatic carbocycles. The highest BCUT2D eigenvalue weighted by molar-refractivity contribution is 5.95. The standard InChI is InChI=1S/C22H35N5O2/c1-3-23-22(25-17-20-6-4-12-26(20)14-15-29-2)24-16-18-8-10-19(11-9-18)27-13-5-7-21(27)28/h8-11,20H,3-7,12-17H2,1-2H3,(H2,23,24,25). The van der Waals surface area contributed by atoms with E-state index in [-0.39, 0.29) is 5.91 Å². The van der Waals surface area contributed by atoms with Gasteiger partial charge in [-0.1, -0.05) is 12.1 Å². The van der Waals surface area contributed by atoms with Crippen molar-refractivity contribution in [2.75, 3.05) is 51.3 Å². The zero-order valence-corrected chi connectivity index (χ0v) is 17.8. The van der Waals surface area contributed by atoms with E-state index < -0.39 is 0 Å². The average molecular weight is 402 g/mol. The van der Waals surface area contributed by atoms with Gasteiger partial charge in [0.25, 0.3) is 0 Å². The fourth-order valence-electron chi connectivity index (χ4n) is 4.06. The maximum atomic E-state index is 11.9. The zero-order valence-electron chi connectivity index (χ0n) is 17.8. The number of benzene rings is 1. The van der Waals surface area contributed by atoms with Gasteiger partial charge in [-0.05, 0) is 50.4 Å². The Morgan fingerprint density at radius 3 is 2.72 bits per heavy atom. The molecule has 2 heterocycles. The van der Waals surface area contributed by atoms with Crippen molar-refractivity contribution >= 4 is 17.6 Å². The number of rotatable bonds is 9. The highest BCUT2D eigenvalue weighted by Crippen LogP contribution is 2.21. The topological polar surface area (TPSA) is 69.2 Å². The van der Waals surface area contributed by atoms with Crippen LogP contribution in [0.15, 0.2) is 29.3 Å². The van der Waals surface area contributed by atoms with Gasteiger partial charge in [0, 0.05) is 51.4 Å². The monoisotopic (exact) mass is 401 g/mol. The van der Waals surface area contributed by atoms with E-state index in [4.69, 9.17) is 9.73 Å². The molecule has 0 bridgehead atoms. The fraction of sp³-hybridized carbons (Fsp3) is 0.636. The number of carbonyl (C=O) groups excluding carboxylic acids is 1. The minimum absolute atomic E-state index is 0.223. The Bertz CT molecular complexity index is 676. The third kappa shape index (κ3) is 6.18. The van der Waals surface area contributed by atoms with E-state index >= 15 is 0 Å². The zero-order chi connectivity index (χ0) is 20.5. The molecule has 0 radical (unpaired) electrons. The van der Waals surface area contributed by atoms with Crippen LogP contribution < -0.4 is 15.5 Å². The maximum Gasteiger partial charge on any atom is 0.227 e. The number of carbonyl (C=O) groups is 1. The quantitative estimate of drug-likeness (QED) is 0.489. The molecule has 7 heteroatoms. The lowest BCUT2D eigenvalue weighted by Gasteiger charge is -2.25. The number of nitrogens with zero attached hydrogens (tertiary/aromatic N) is 3. The fourth-order valence-corrected chi connectivity index (χ4v) is 4.06. The summed E-state index contributed by atoms with van der Waals surface area (Å²) in [5.41, 5.74) is 2.13. The lowest BCUT2D eigenvalue weighted by molar-refractivity contribution is -0.117. The van der Waals surface area contributed by atoms with Crippen LogP contribution in [0.4, 0.5) is 5.69 Å². The molecule has 2 fully saturated rings. The second-order valence-corrected chi connectivity index (χ2v) is 7.72. The van der Waals surface area contributed by atoms with Crippen LogP contribution in [-0.4, -0.2) is 69.2 Å². The van der Waals surface area contributed by atoms with Crippen molar-refractivity contribution < 1.29 is 9.53 Å². The SMILES string of the molecule is CCNC(=NCc1ccc(N2CCCC2=O)cc1)NCC1CCCN1CCOC. The minimum atomic E-state index is 0.223. The number of ether oxygens (including phenoxy) is 1. The summed E-state index contributed by atoms with van der Waals surface area (Å²) in [6.45, 7) is 8.17. The molecule has 2 saturated heterocycles. The van der Waals surface area contributed by atoms with Crippen molar-refractivity contribution in [3.63, 3.8) is 0 Å². The Balaban J connectivity index is 1.52. The number of guanidine groups is 1. The normalized spacial score (nSPS) is 20.5. The van der Waals surface area contributed by atoms with Gasteiger partial charge >= 0.3 is 0 Å². The number of aliphatic imine (C=N–C) groups is 1. The van der Waals surface area contributed by atoms with Crippen molar-refractivity contribution in [1.82, 2.24) is 15.5 Å². The molecule has 1 unspecified atom stereocenters. The van der Waals surface area contributed by atoms with Crippen LogP contribution >= 0.6 is 0 Å². The summed E-state index contributed by atoms with van der Waals surface area (Å²) in [7, 11) is 1.76. The summed E-state index contributed by atoms with van der Waals surface area (Å²) in [6, 6.07) is 8.72. The van der Waals surface area contributed by atoms with Gasteiger partial charge in [0.2, 0.25) is 5.91 Å². The predicted octanol–water partition coefficient (Wildman–Crippen LogP) is 1.98. The Kier molecular flexibility index (Phi) is 8.31. The highest BCUT2D eigenvalue weighted by Gasteiger charge is 2.24. The molecule has 1 amide bonds. The molecule has 2 aliphatic rings. The first-order chi connectivity index (χ1) is 14.2. The summed E-state index contributed by atoms with van der Waals surface area (Å²) < 4.78 is 5.23. The average Bonchev–Trinajstić information content (AvgIpc) is 3.37. The van der Waals surface area contributed by atoms with Gasteiger partial charge in [-0.15, -0.1) is 0 Å². The molecule has 0 aliphatic carbocycles. The largest absolute Gasteiger partial charge is 0.383 e. The molecule has 0 aromatic heterocycles. The van der Waals surface area contributed by atoms with Crippen LogP contribution in [-0.2, 0) is 16.1 Å². The molecule has 3 rings (SSSR count). The van der Waals surface area contributed by atoms with Gasteiger partial charge in [-0.2, -0.15) is 0 Å². The van der Waals surface area contributed by atoms with Gasteiger partial charge in [-0.3, -0.25) is 9.69 Å². The van der Waals surface area contributed by atoms with Crippen LogP contribution in [0, 0.1) is 0 Å². The van der Waals surface area contributed by atoms with E-state index in [0.29, 0.717) is 19.0 Å². The smallest absolute Gasteiger partial charge is 0.227 e. The first-order valence-electron chi connectivity index (χ1n) is 10.9. The van der Waals surface area contributed by atoms with Crippen LogP contribution in [0.2, 0.25) is 0 Å². The van der Waals surface area contributed by atoms with Gasteiger partial charge in [-0.25, -0.2) is 4.99 Å². The van der Waals surface area contributed by atoms with E-state index in [0.717, 1.165) is 63.0 Å². The first kappa shape index (κ1) is 21.6. The van der Waals surface area contributed by atoms with E-state index in [9.17, 15) is 4.79 Å². The van der Waals surface area contributed by atoms with Crippen molar-refractivity contribution in [2.45, 2.75) is 45.2 Å². The number of likely N-dealkylation sites (tertiary alicyclic amines) is 1. The molecular weight excluding hydrogens is 366 g/mol. The van der Waals surface area contributed by atoms with Crippen LogP contribution in [0.5, 0.6) is 0 Å². The third-order valence-corrected chi connectivity index (χ3v) is 5.67. The number of hydrogen-bond acceptors (Lipinski definition) is 4. The van der Waals surface area contributed by atoms with Gasteiger partial charge in [0.15, 0.2) is 5.96 Å². The Morgan fingerprint density at radius 1 is 1.21 bits per heavy atom. The Morgan fingerprint density at radius 2 is 2.03 bits per heavy atom. The molecule has 160 valence electrons. The lowest BCUT2D eigenvalue weighted by Crippen LogP contribution is -2.45. The second-order valence-electron chi connectivity index (χ2n) is 7.72. The maximum absolute atomic E-state index is 11.9. The van der Waals surface area contributed by atoms with E-state index in [1.807, 2.05) is 17.0 Å². The molecule has 0 spiro atoms. The highest BCUT2D eigenvalue weighted by atomic mass is 16.5. The summed E-state index contributed by atoms with van der Waals surface area (Å²) in [4.78, 5) is 21.0. The van der Waals surface area contributed by atoms with Crippen molar-refractivity contribution in [3.8, 4) is 0 Å². The number of anilines is 1. The number of hydrogen-bond donors (Lipinski definition) is 2. The molecule has 2 N–H and O–H groups in total. The molecule has 0 saturated carbocycles. The summed E-state index contributed by atoms with van der Waals surface area (Å²) in [5.74, 6) is 1.07. The number of amides is 1. The summed E-state index contributed by atoms with van der Waals surface area (Å²) in [5, 5.41) is 6.84. The predicted molar refractivity (Wildman–Crippen MR) is 117 cm³/mol. The molecule has 2 aliphatic heterocycles. The van der Waals surface area contributed by atoms with Gasteiger partial charge < -0.3 is 20.3 Å². The van der Waals surface area contributed by atoms with E-state index in [1.54, 1.807) is 7.11 Å². The van der Waals surface area contributed by atoms with Crippen LogP contribution in [0.25, 0.3) is 0 Å². The van der Waals surface area contributed by atoms with E-state index in [2.05, 4.69) is 34.6 Å². The molecular formula is C22H35N5O2. The molecule has 1 aromatic rings. The minimum Gasteiger partial charge on any atom is -0.383 e. The van der Waals surface area contributed by atoms with Crippen molar-refractivity contribution in [1.29, 1.82) is 0 Å². The number of nitrogens with one attached hydrogen (secondary N) is 2.